The van der Waals surface area contributed by atoms with Gasteiger partial charge in [-0.05, 0) is 6.42 Å². The number of nitrogens with two attached hydrogens (primary N) is 1. The van der Waals surface area contributed by atoms with Gasteiger partial charge in [0.2, 0.25) is 0 Å². The van der Waals surface area contributed by atoms with E-state index in [2.05, 4.69) is 5.09 Å². The summed E-state index contributed by atoms with van der Waals surface area (Å²) in [4.78, 5) is 0. The average Bonchev–Trinajstić information content (AvgIpc) is 2.03. The van der Waals surface area contributed by atoms with Crippen LogP contribution >= 0.6 is 7.75 Å². The van der Waals surface area contributed by atoms with E-state index in [0.29, 0.717) is 26.3 Å². The highest BCUT2D eigenvalue weighted by Gasteiger charge is 2.26. The third-order valence-corrected chi connectivity index (χ3v) is 2.92. The molecule has 0 aromatic heterocycles. The maximum Gasteiger partial charge on any atom is 0.405 e. The Morgan fingerprint density at radius 1 is 1.45 bits per heavy atom. The van der Waals surface area contributed by atoms with Crippen molar-refractivity contribution >= 4 is 7.75 Å². The van der Waals surface area contributed by atoms with Crippen molar-refractivity contribution in [3.05, 3.63) is 0 Å². The van der Waals surface area contributed by atoms with Gasteiger partial charge in [-0.25, -0.2) is 9.65 Å². The van der Waals surface area contributed by atoms with Crippen molar-refractivity contribution in [1.29, 1.82) is 0 Å². The first-order chi connectivity index (χ1) is 5.27. The van der Waals surface area contributed by atoms with Crippen molar-refractivity contribution in [2.45, 2.75) is 6.42 Å². The monoisotopic (exact) mass is 180 g/mol. The van der Waals surface area contributed by atoms with Gasteiger partial charge in [0.15, 0.2) is 0 Å². The lowest BCUT2D eigenvalue weighted by molar-refractivity contribution is 0.139. The van der Waals surface area contributed by atoms with Crippen LogP contribution < -0.4 is 10.8 Å². The summed E-state index contributed by atoms with van der Waals surface area (Å²) in [5.74, 6) is 0. The smallest absolute Gasteiger partial charge is 0.329 e. The van der Waals surface area contributed by atoms with E-state index in [9.17, 15) is 4.57 Å². The zero-order chi connectivity index (χ0) is 8.16. The fraction of sp³-hybridized carbons (Fsp3) is 1.00. The zero-order valence-corrected chi connectivity index (χ0v) is 7.18. The van der Waals surface area contributed by atoms with Crippen LogP contribution in [0.3, 0.4) is 0 Å². The topological polar surface area (TPSA) is 73.6 Å². The van der Waals surface area contributed by atoms with Crippen molar-refractivity contribution < 1.29 is 13.6 Å². The Kier molecular flexibility index (Phi) is 3.48. The summed E-state index contributed by atoms with van der Waals surface area (Å²) >= 11 is 0. The van der Waals surface area contributed by atoms with Crippen LogP contribution in [0.1, 0.15) is 6.42 Å². The second-order valence-corrected chi connectivity index (χ2v) is 4.04. The molecular weight excluding hydrogens is 167 g/mol. The lowest BCUT2D eigenvalue weighted by Crippen LogP contribution is -2.24. The predicted molar refractivity (Wildman–Crippen MR) is 41.2 cm³/mol. The molecule has 3 N–H and O–H groups in total. The minimum absolute atomic E-state index is 0.427. The molecule has 11 heavy (non-hydrogen) atoms. The predicted octanol–water partition coefficient (Wildman–Crippen LogP) is 0.0797. The van der Waals surface area contributed by atoms with E-state index in [-0.39, 0.29) is 0 Å². The van der Waals surface area contributed by atoms with E-state index in [1.807, 2.05) is 0 Å². The second-order valence-electron chi connectivity index (χ2n) is 2.21. The number of hydrogen-bond donors (Lipinski definition) is 2. The first kappa shape index (κ1) is 9.16. The lowest BCUT2D eigenvalue weighted by Gasteiger charge is -2.22. The Balaban J connectivity index is 2.32. The maximum atomic E-state index is 11.4. The van der Waals surface area contributed by atoms with Crippen molar-refractivity contribution in [1.82, 2.24) is 5.09 Å². The van der Waals surface area contributed by atoms with Gasteiger partial charge in [-0.15, -0.1) is 0 Å². The molecule has 0 aromatic carbocycles. The Bertz CT molecular complexity index is 154. The van der Waals surface area contributed by atoms with Crippen molar-refractivity contribution in [2.24, 2.45) is 5.73 Å². The van der Waals surface area contributed by atoms with Crippen LogP contribution in [-0.4, -0.2) is 26.3 Å². The van der Waals surface area contributed by atoms with Crippen LogP contribution in [0, 0.1) is 0 Å². The summed E-state index contributed by atoms with van der Waals surface area (Å²) in [5, 5.41) is 2.63. The molecule has 0 radical (unpaired) electrons. The van der Waals surface area contributed by atoms with Crippen LogP contribution in [0.4, 0.5) is 0 Å². The highest BCUT2D eigenvalue weighted by Crippen LogP contribution is 2.45. The molecule has 66 valence electrons. The lowest BCUT2D eigenvalue weighted by atomic mass is 10.5. The first-order valence-corrected chi connectivity index (χ1v) is 5.15. The largest absolute Gasteiger partial charge is 0.405 e. The van der Waals surface area contributed by atoms with Gasteiger partial charge in [0, 0.05) is 13.1 Å². The van der Waals surface area contributed by atoms with E-state index >= 15 is 0 Å². The molecular formula is C5H13N2O3P. The van der Waals surface area contributed by atoms with Crippen LogP contribution in [0.15, 0.2) is 0 Å². The highest BCUT2D eigenvalue weighted by molar-refractivity contribution is 7.51. The van der Waals surface area contributed by atoms with E-state index in [4.69, 9.17) is 14.8 Å². The van der Waals surface area contributed by atoms with Crippen molar-refractivity contribution in [2.75, 3.05) is 26.3 Å². The highest BCUT2D eigenvalue weighted by atomic mass is 31.2. The molecule has 0 amide bonds. The van der Waals surface area contributed by atoms with E-state index in [1.54, 1.807) is 0 Å². The molecule has 1 saturated heterocycles. The Morgan fingerprint density at radius 2 is 2.09 bits per heavy atom. The molecule has 0 aromatic rings. The number of hydrogen-bond acceptors (Lipinski definition) is 4. The summed E-state index contributed by atoms with van der Waals surface area (Å²) in [6, 6.07) is 0. The Morgan fingerprint density at radius 3 is 2.64 bits per heavy atom. The quantitative estimate of drug-likeness (QED) is 0.601. The van der Waals surface area contributed by atoms with Gasteiger partial charge >= 0.3 is 7.75 Å². The Hall–Kier alpha value is 0.0700. The van der Waals surface area contributed by atoms with Crippen LogP contribution in [-0.2, 0) is 13.6 Å². The van der Waals surface area contributed by atoms with Crippen molar-refractivity contribution in [3.8, 4) is 0 Å². The van der Waals surface area contributed by atoms with Gasteiger partial charge in [-0.1, -0.05) is 0 Å². The molecule has 1 fully saturated rings. The van der Waals surface area contributed by atoms with E-state index in [0.717, 1.165) is 6.42 Å². The minimum atomic E-state index is -2.96. The minimum Gasteiger partial charge on any atom is -0.329 e. The van der Waals surface area contributed by atoms with Crippen LogP contribution in [0.5, 0.6) is 0 Å². The molecule has 5 nitrogen and oxygen atoms in total. The molecule has 0 aliphatic carbocycles. The molecule has 0 unspecified atom stereocenters. The molecule has 1 heterocycles. The normalized spacial score (nSPS) is 23.4. The molecule has 1 rings (SSSR count). The second kappa shape index (κ2) is 4.18. The molecule has 6 heteroatoms. The van der Waals surface area contributed by atoms with Gasteiger partial charge < -0.3 is 5.73 Å². The average molecular weight is 180 g/mol. The summed E-state index contributed by atoms with van der Waals surface area (Å²) in [6.45, 7) is 1.87. The number of rotatable bonds is 3. The fourth-order valence-electron chi connectivity index (χ4n) is 0.758. The molecule has 0 bridgehead atoms. The van der Waals surface area contributed by atoms with Crippen molar-refractivity contribution in [3.63, 3.8) is 0 Å². The first-order valence-electron chi connectivity index (χ1n) is 3.61. The maximum absolute atomic E-state index is 11.4. The standard InChI is InChI=1S/C5H13N2O3P/c6-2-3-7-11(8)9-4-1-5-10-11/h1-6H2,(H,7,8). The fourth-order valence-corrected chi connectivity index (χ4v) is 2.16. The molecule has 0 saturated carbocycles. The molecule has 0 spiro atoms. The molecule has 1 aliphatic heterocycles. The van der Waals surface area contributed by atoms with Gasteiger partial charge in [0.05, 0.1) is 13.2 Å². The molecule has 0 atom stereocenters. The molecule has 1 aliphatic rings. The summed E-state index contributed by atoms with van der Waals surface area (Å²) in [5.41, 5.74) is 5.21. The van der Waals surface area contributed by atoms with E-state index in [1.165, 1.54) is 0 Å². The Labute approximate surface area is 65.8 Å². The van der Waals surface area contributed by atoms with Gasteiger partial charge in [-0.2, -0.15) is 0 Å². The third-order valence-electron chi connectivity index (χ3n) is 1.26. The van der Waals surface area contributed by atoms with Crippen LogP contribution in [0.25, 0.3) is 0 Å². The summed E-state index contributed by atoms with van der Waals surface area (Å²) < 4.78 is 21.2. The zero-order valence-electron chi connectivity index (χ0n) is 6.28. The van der Waals surface area contributed by atoms with Gasteiger partial charge in [0.1, 0.15) is 0 Å². The summed E-state index contributed by atoms with van der Waals surface area (Å²) in [6.07, 6.45) is 0.800. The van der Waals surface area contributed by atoms with Gasteiger partial charge in [-0.3, -0.25) is 9.05 Å². The SMILES string of the molecule is NCCNP1(=O)OCCCO1. The van der Waals surface area contributed by atoms with E-state index < -0.39 is 7.75 Å². The summed E-state index contributed by atoms with van der Waals surface area (Å²) in [7, 11) is -2.96. The van der Waals surface area contributed by atoms with Gasteiger partial charge in [0.25, 0.3) is 0 Å². The van der Waals surface area contributed by atoms with Crippen LogP contribution in [0.2, 0.25) is 0 Å². The number of nitrogens with one attached hydrogen (secondary N) is 1. The third kappa shape index (κ3) is 2.89.